The van der Waals surface area contributed by atoms with Gasteiger partial charge in [0.25, 0.3) is 0 Å². The lowest BCUT2D eigenvalue weighted by Gasteiger charge is -2.38. The Hall–Kier alpha value is -0.570. The third kappa shape index (κ3) is 5.94. The predicted octanol–water partition coefficient (Wildman–Crippen LogP) is 3.38. The second kappa shape index (κ2) is 8.57. The third-order valence-electron chi connectivity index (χ3n) is 4.29. The summed E-state index contributed by atoms with van der Waals surface area (Å²) in [4.78, 5) is 11.3. The van der Waals surface area contributed by atoms with Crippen molar-refractivity contribution >= 4 is 5.97 Å². The monoisotopic (exact) mass is 269 g/mol. The second-order valence-corrected chi connectivity index (χ2v) is 6.30. The number of ether oxygens (including phenoxy) is 1. The zero-order valence-corrected chi connectivity index (χ0v) is 13.1. The summed E-state index contributed by atoms with van der Waals surface area (Å²) in [5.74, 6) is 2.30. The standard InChI is InChI=1S/C16H31NO2/c1-5-19-16(18)7-6-10-17-15-11-13(4)8-9-14(15)12(2)3/h12-15,17H,5-11H2,1-4H3. The van der Waals surface area contributed by atoms with Crippen LogP contribution in [0.2, 0.25) is 0 Å². The zero-order chi connectivity index (χ0) is 14.3. The van der Waals surface area contributed by atoms with Gasteiger partial charge in [0, 0.05) is 12.5 Å². The number of hydrogen-bond acceptors (Lipinski definition) is 3. The molecule has 1 rings (SSSR count). The molecule has 0 amide bonds. The molecule has 0 spiro atoms. The molecule has 0 aromatic rings. The minimum Gasteiger partial charge on any atom is -0.466 e. The molecule has 3 nitrogen and oxygen atoms in total. The molecular formula is C16H31NO2. The molecule has 1 fully saturated rings. The summed E-state index contributed by atoms with van der Waals surface area (Å²) in [5.41, 5.74) is 0. The van der Waals surface area contributed by atoms with Crippen LogP contribution in [0.3, 0.4) is 0 Å². The molecule has 112 valence electrons. The first-order chi connectivity index (χ1) is 9.04. The highest BCUT2D eigenvalue weighted by atomic mass is 16.5. The molecule has 1 saturated carbocycles. The first-order valence-electron chi connectivity index (χ1n) is 7.93. The van der Waals surface area contributed by atoms with Crippen molar-refractivity contribution in [3.05, 3.63) is 0 Å². The van der Waals surface area contributed by atoms with E-state index >= 15 is 0 Å². The zero-order valence-electron chi connectivity index (χ0n) is 13.1. The van der Waals surface area contributed by atoms with Gasteiger partial charge < -0.3 is 10.1 Å². The number of esters is 1. The fourth-order valence-electron chi connectivity index (χ4n) is 3.19. The Morgan fingerprint density at radius 3 is 2.74 bits per heavy atom. The quantitative estimate of drug-likeness (QED) is 0.569. The maximum Gasteiger partial charge on any atom is 0.305 e. The molecule has 1 N–H and O–H groups in total. The van der Waals surface area contributed by atoms with Crippen LogP contribution >= 0.6 is 0 Å². The fraction of sp³-hybridized carbons (Fsp3) is 0.938. The van der Waals surface area contributed by atoms with Gasteiger partial charge in [0.1, 0.15) is 0 Å². The summed E-state index contributed by atoms with van der Waals surface area (Å²) >= 11 is 0. The van der Waals surface area contributed by atoms with E-state index in [-0.39, 0.29) is 5.97 Å². The van der Waals surface area contributed by atoms with Gasteiger partial charge in [-0.3, -0.25) is 4.79 Å². The summed E-state index contributed by atoms with van der Waals surface area (Å²) < 4.78 is 4.94. The minimum absolute atomic E-state index is 0.0679. The Morgan fingerprint density at radius 1 is 1.37 bits per heavy atom. The number of carbonyl (C=O) groups excluding carboxylic acids is 1. The van der Waals surface area contributed by atoms with Crippen LogP contribution in [0.25, 0.3) is 0 Å². The van der Waals surface area contributed by atoms with E-state index in [1.54, 1.807) is 0 Å². The smallest absolute Gasteiger partial charge is 0.305 e. The van der Waals surface area contributed by atoms with E-state index in [0.717, 1.165) is 30.7 Å². The van der Waals surface area contributed by atoms with E-state index in [2.05, 4.69) is 26.1 Å². The summed E-state index contributed by atoms with van der Waals surface area (Å²) in [7, 11) is 0. The highest BCUT2D eigenvalue weighted by Gasteiger charge is 2.29. The van der Waals surface area contributed by atoms with Gasteiger partial charge in [0.2, 0.25) is 0 Å². The molecule has 3 heteroatoms. The number of hydrogen-bond donors (Lipinski definition) is 1. The van der Waals surface area contributed by atoms with Crippen LogP contribution < -0.4 is 5.32 Å². The molecule has 3 unspecified atom stereocenters. The molecule has 0 aliphatic heterocycles. The highest BCUT2D eigenvalue weighted by molar-refractivity contribution is 5.69. The van der Waals surface area contributed by atoms with Gasteiger partial charge in [-0.15, -0.1) is 0 Å². The Morgan fingerprint density at radius 2 is 2.11 bits per heavy atom. The topological polar surface area (TPSA) is 38.3 Å². The predicted molar refractivity (Wildman–Crippen MR) is 79.0 cm³/mol. The molecule has 0 aromatic carbocycles. The average molecular weight is 269 g/mol. The normalized spacial score (nSPS) is 27.5. The van der Waals surface area contributed by atoms with E-state index in [0.29, 0.717) is 19.1 Å². The van der Waals surface area contributed by atoms with Crippen molar-refractivity contribution in [3.63, 3.8) is 0 Å². The van der Waals surface area contributed by atoms with Crippen molar-refractivity contribution in [2.75, 3.05) is 13.2 Å². The SMILES string of the molecule is CCOC(=O)CCCNC1CC(C)CCC1C(C)C. The van der Waals surface area contributed by atoms with Crippen molar-refractivity contribution in [1.29, 1.82) is 0 Å². The number of rotatable bonds is 7. The fourth-order valence-corrected chi connectivity index (χ4v) is 3.19. The van der Waals surface area contributed by atoms with E-state index in [1.807, 2.05) is 6.92 Å². The molecule has 0 radical (unpaired) electrons. The summed E-state index contributed by atoms with van der Waals surface area (Å²) in [6.07, 6.45) is 5.41. The van der Waals surface area contributed by atoms with Crippen LogP contribution in [-0.4, -0.2) is 25.2 Å². The molecule has 0 bridgehead atoms. The Bertz CT molecular complexity index is 265. The first-order valence-corrected chi connectivity index (χ1v) is 7.93. The molecule has 0 aromatic heterocycles. The summed E-state index contributed by atoms with van der Waals surface area (Å²) in [6.45, 7) is 10.3. The number of nitrogens with one attached hydrogen (secondary N) is 1. The summed E-state index contributed by atoms with van der Waals surface area (Å²) in [5, 5.41) is 3.67. The van der Waals surface area contributed by atoms with Gasteiger partial charge >= 0.3 is 5.97 Å². The Labute approximate surface area is 118 Å². The Kier molecular flexibility index (Phi) is 7.44. The van der Waals surface area contributed by atoms with Crippen LogP contribution in [0, 0.1) is 17.8 Å². The number of carbonyl (C=O) groups is 1. The average Bonchev–Trinajstić information content (AvgIpc) is 2.34. The largest absolute Gasteiger partial charge is 0.466 e. The second-order valence-electron chi connectivity index (χ2n) is 6.30. The van der Waals surface area contributed by atoms with Gasteiger partial charge in [-0.05, 0) is 50.5 Å². The molecule has 0 saturated heterocycles. The van der Waals surface area contributed by atoms with Crippen molar-refractivity contribution < 1.29 is 9.53 Å². The molecule has 19 heavy (non-hydrogen) atoms. The highest BCUT2D eigenvalue weighted by Crippen LogP contribution is 2.33. The molecule has 0 heterocycles. The van der Waals surface area contributed by atoms with Crippen LogP contribution in [0.15, 0.2) is 0 Å². The van der Waals surface area contributed by atoms with Crippen molar-refractivity contribution in [2.24, 2.45) is 17.8 Å². The van der Waals surface area contributed by atoms with Crippen molar-refractivity contribution in [1.82, 2.24) is 5.32 Å². The Balaban J connectivity index is 2.26. The van der Waals surface area contributed by atoms with Crippen LogP contribution in [0.4, 0.5) is 0 Å². The van der Waals surface area contributed by atoms with Gasteiger partial charge in [-0.25, -0.2) is 0 Å². The van der Waals surface area contributed by atoms with Gasteiger partial charge in [-0.1, -0.05) is 27.2 Å². The van der Waals surface area contributed by atoms with Crippen LogP contribution in [0.5, 0.6) is 0 Å². The first kappa shape index (κ1) is 16.5. The molecule has 3 atom stereocenters. The van der Waals surface area contributed by atoms with Crippen molar-refractivity contribution in [2.45, 2.75) is 65.8 Å². The van der Waals surface area contributed by atoms with Gasteiger partial charge in [-0.2, -0.15) is 0 Å². The molecular weight excluding hydrogens is 238 g/mol. The van der Waals surface area contributed by atoms with E-state index in [4.69, 9.17) is 4.74 Å². The molecule has 1 aliphatic carbocycles. The van der Waals surface area contributed by atoms with E-state index in [9.17, 15) is 4.79 Å². The van der Waals surface area contributed by atoms with E-state index < -0.39 is 0 Å². The van der Waals surface area contributed by atoms with Crippen LogP contribution in [0.1, 0.15) is 59.8 Å². The lowest BCUT2D eigenvalue weighted by Crippen LogP contribution is -2.43. The lowest BCUT2D eigenvalue weighted by atomic mass is 9.74. The van der Waals surface area contributed by atoms with Gasteiger partial charge in [0.05, 0.1) is 6.61 Å². The minimum atomic E-state index is -0.0679. The summed E-state index contributed by atoms with van der Waals surface area (Å²) in [6, 6.07) is 0.631. The van der Waals surface area contributed by atoms with Gasteiger partial charge in [0.15, 0.2) is 0 Å². The molecule has 1 aliphatic rings. The van der Waals surface area contributed by atoms with E-state index in [1.165, 1.54) is 19.3 Å². The maximum atomic E-state index is 11.3. The van der Waals surface area contributed by atoms with Crippen LogP contribution in [-0.2, 0) is 9.53 Å². The third-order valence-corrected chi connectivity index (χ3v) is 4.29. The maximum absolute atomic E-state index is 11.3. The van der Waals surface area contributed by atoms with Crippen molar-refractivity contribution in [3.8, 4) is 0 Å². The lowest BCUT2D eigenvalue weighted by molar-refractivity contribution is -0.143.